The lowest BCUT2D eigenvalue weighted by atomic mass is 10.2. The molecule has 2 aromatic rings. The smallest absolute Gasteiger partial charge is 0.350 e. The molecule has 1 amide bonds. The fourth-order valence-corrected chi connectivity index (χ4v) is 4.03. The molecule has 0 aliphatic carbocycles. The van der Waals surface area contributed by atoms with E-state index in [4.69, 9.17) is 15.2 Å². The van der Waals surface area contributed by atoms with Crippen LogP contribution in [0.15, 0.2) is 5.16 Å². The molecule has 0 aliphatic heterocycles. The summed E-state index contributed by atoms with van der Waals surface area (Å²) in [6, 6.07) is -0.791. The number of esters is 2. The number of aromatic nitrogens is 4. The number of thiazole rings is 1. The minimum absolute atomic E-state index is 0.00777. The Morgan fingerprint density at radius 3 is 2.58 bits per heavy atom. The van der Waals surface area contributed by atoms with E-state index in [1.54, 1.807) is 20.8 Å². The summed E-state index contributed by atoms with van der Waals surface area (Å²) in [5, 5.41) is 11.0. The van der Waals surface area contributed by atoms with Gasteiger partial charge in [-0.3, -0.25) is 14.2 Å². The van der Waals surface area contributed by atoms with Crippen molar-refractivity contribution in [3.05, 3.63) is 10.6 Å². The number of nitrogens with zero attached hydrogens (tertiary/aromatic N) is 4. The Morgan fingerprint density at radius 2 is 1.94 bits per heavy atom. The monoisotopic (exact) mass is 470 g/mol. The molecule has 1 unspecified atom stereocenters. The molecule has 0 aromatic carbocycles. The number of amides is 1. The highest BCUT2D eigenvalue weighted by Gasteiger charge is 2.25. The van der Waals surface area contributed by atoms with Gasteiger partial charge in [0, 0.05) is 0 Å². The molecule has 0 bridgehead atoms. The first-order valence-electron chi connectivity index (χ1n) is 9.58. The van der Waals surface area contributed by atoms with Crippen molar-refractivity contribution in [3.63, 3.8) is 0 Å². The number of rotatable bonds is 10. The number of hydrogen-bond acceptors (Lipinski definition) is 11. The standard InChI is InChI=1S/C18H26N6O5S2/c1-6-28-12(25)8-30-18-23-22-16(19)24(18)11(5)14(26)21-17-20-10(4)13(31-17)15(27)29-7-9(2)3/h9,11H,6-8H2,1-5H3,(H2,19,22)(H,20,21,26). The summed E-state index contributed by atoms with van der Waals surface area (Å²) in [6.45, 7) is 9.45. The number of carbonyl (C=O) groups excluding carboxylic acids is 3. The number of nitrogens with one attached hydrogen (secondary N) is 1. The first-order valence-corrected chi connectivity index (χ1v) is 11.4. The minimum atomic E-state index is -0.791. The van der Waals surface area contributed by atoms with E-state index in [9.17, 15) is 14.4 Å². The van der Waals surface area contributed by atoms with E-state index in [-0.39, 0.29) is 29.4 Å². The lowest BCUT2D eigenvalue weighted by Gasteiger charge is -2.15. The van der Waals surface area contributed by atoms with Gasteiger partial charge in [-0.25, -0.2) is 9.78 Å². The quantitative estimate of drug-likeness (QED) is 0.391. The van der Waals surface area contributed by atoms with Crippen LogP contribution in [0.2, 0.25) is 0 Å². The highest BCUT2D eigenvalue weighted by molar-refractivity contribution is 7.99. The molecule has 2 heterocycles. The number of ether oxygens (including phenoxy) is 2. The Labute approximate surface area is 188 Å². The van der Waals surface area contributed by atoms with Crippen molar-refractivity contribution in [1.82, 2.24) is 19.7 Å². The van der Waals surface area contributed by atoms with Gasteiger partial charge in [0.2, 0.25) is 11.9 Å². The van der Waals surface area contributed by atoms with Gasteiger partial charge in [0.05, 0.1) is 24.7 Å². The van der Waals surface area contributed by atoms with Crippen molar-refractivity contribution in [2.24, 2.45) is 5.92 Å². The number of nitrogen functional groups attached to an aromatic ring is 1. The van der Waals surface area contributed by atoms with Crippen LogP contribution in [0.5, 0.6) is 0 Å². The Hall–Kier alpha value is -2.67. The van der Waals surface area contributed by atoms with E-state index >= 15 is 0 Å². The summed E-state index contributed by atoms with van der Waals surface area (Å²) >= 11 is 2.10. The lowest BCUT2D eigenvalue weighted by molar-refractivity contribution is -0.139. The topological polar surface area (TPSA) is 151 Å². The zero-order valence-corrected chi connectivity index (χ0v) is 19.6. The third-order valence-electron chi connectivity index (χ3n) is 3.84. The second-order valence-corrected chi connectivity index (χ2v) is 8.84. The lowest BCUT2D eigenvalue weighted by Crippen LogP contribution is -2.25. The summed E-state index contributed by atoms with van der Waals surface area (Å²) < 4.78 is 11.5. The largest absolute Gasteiger partial charge is 0.465 e. The molecular formula is C18H26N6O5S2. The van der Waals surface area contributed by atoms with Gasteiger partial charge in [-0.2, -0.15) is 0 Å². The van der Waals surface area contributed by atoms with Crippen molar-refractivity contribution >= 4 is 52.0 Å². The number of hydrogen-bond donors (Lipinski definition) is 2. The Kier molecular flexibility index (Phi) is 8.80. The maximum Gasteiger partial charge on any atom is 0.350 e. The van der Waals surface area contributed by atoms with Gasteiger partial charge in [-0.15, -0.1) is 10.2 Å². The van der Waals surface area contributed by atoms with Crippen LogP contribution in [0, 0.1) is 12.8 Å². The van der Waals surface area contributed by atoms with Crippen LogP contribution in [0.1, 0.15) is 49.1 Å². The zero-order chi connectivity index (χ0) is 23.1. The summed E-state index contributed by atoms with van der Waals surface area (Å²) in [4.78, 5) is 41.1. The predicted molar refractivity (Wildman–Crippen MR) is 117 cm³/mol. The Bertz CT molecular complexity index is 942. The SMILES string of the molecule is CCOC(=O)CSc1nnc(N)n1C(C)C(=O)Nc1nc(C)c(C(=O)OCC(C)C)s1. The van der Waals surface area contributed by atoms with E-state index in [1.807, 2.05) is 13.8 Å². The Balaban J connectivity index is 2.08. The molecule has 1 atom stereocenters. The van der Waals surface area contributed by atoms with E-state index in [2.05, 4.69) is 20.5 Å². The normalized spacial score (nSPS) is 11.9. The average molecular weight is 471 g/mol. The number of nitrogens with two attached hydrogens (primary N) is 1. The van der Waals surface area contributed by atoms with Gasteiger partial charge >= 0.3 is 11.9 Å². The molecule has 0 saturated carbocycles. The van der Waals surface area contributed by atoms with Crippen molar-refractivity contribution in [1.29, 1.82) is 0 Å². The molecule has 13 heteroatoms. The molecule has 170 valence electrons. The molecule has 0 aliphatic rings. The second kappa shape index (κ2) is 11.1. The fraction of sp³-hybridized carbons (Fsp3) is 0.556. The molecule has 3 N–H and O–H groups in total. The molecule has 2 rings (SSSR count). The Morgan fingerprint density at radius 1 is 1.23 bits per heavy atom. The van der Waals surface area contributed by atoms with Crippen LogP contribution in [-0.2, 0) is 19.1 Å². The van der Waals surface area contributed by atoms with E-state index in [1.165, 1.54) is 4.57 Å². The van der Waals surface area contributed by atoms with Gasteiger partial charge in [-0.1, -0.05) is 36.9 Å². The number of thioether (sulfide) groups is 1. The maximum atomic E-state index is 12.8. The predicted octanol–water partition coefficient (Wildman–Crippen LogP) is 2.29. The van der Waals surface area contributed by atoms with Crippen LogP contribution < -0.4 is 11.1 Å². The van der Waals surface area contributed by atoms with Crippen molar-refractivity contribution in [3.8, 4) is 0 Å². The maximum absolute atomic E-state index is 12.8. The molecule has 31 heavy (non-hydrogen) atoms. The van der Waals surface area contributed by atoms with Crippen molar-refractivity contribution in [2.75, 3.05) is 30.0 Å². The van der Waals surface area contributed by atoms with Gasteiger partial charge in [-0.05, 0) is 26.7 Å². The van der Waals surface area contributed by atoms with Crippen molar-refractivity contribution < 1.29 is 23.9 Å². The minimum Gasteiger partial charge on any atom is -0.465 e. The van der Waals surface area contributed by atoms with Crippen LogP contribution >= 0.6 is 23.1 Å². The van der Waals surface area contributed by atoms with Crippen LogP contribution in [0.25, 0.3) is 0 Å². The zero-order valence-electron chi connectivity index (χ0n) is 18.0. The first-order chi connectivity index (χ1) is 14.6. The summed E-state index contributed by atoms with van der Waals surface area (Å²) in [6.07, 6.45) is 0. The van der Waals surface area contributed by atoms with Crippen LogP contribution in [-0.4, -0.2) is 56.6 Å². The van der Waals surface area contributed by atoms with Gasteiger partial charge in [0.25, 0.3) is 0 Å². The summed E-state index contributed by atoms with van der Waals surface area (Å²) in [5.41, 5.74) is 6.34. The summed E-state index contributed by atoms with van der Waals surface area (Å²) in [5.74, 6) is -1.07. The van der Waals surface area contributed by atoms with Gasteiger partial charge < -0.3 is 20.5 Å². The third-order valence-corrected chi connectivity index (χ3v) is 5.81. The van der Waals surface area contributed by atoms with Gasteiger partial charge in [0.15, 0.2) is 10.3 Å². The molecule has 11 nitrogen and oxygen atoms in total. The molecule has 0 radical (unpaired) electrons. The van der Waals surface area contributed by atoms with Crippen molar-refractivity contribution in [2.45, 2.75) is 45.8 Å². The highest BCUT2D eigenvalue weighted by Crippen LogP contribution is 2.27. The van der Waals surface area contributed by atoms with Crippen LogP contribution in [0.3, 0.4) is 0 Å². The van der Waals surface area contributed by atoms with E-state index in [0.29, 0.717) is 22.3 Å². The molecular weight excluding hydrogens is 444 g/mol. The first kappa shape index (κ1) is 24.6. The fourth-order valence-electron chi connectivity index (χ4n) is 2.35. The summed E-state index contributed by atoms with van der Waals surface area (Å²) in [7, 11) is 0. The third kappa shape index (κ3) is 6.66. The number of carbonyl (C=O) groups is 3. The second-order valence-electron chi connectivity index (χ2n) is 6.90. The molecule has 0 saturated heterocycles. The van der Waals surface area contributed by atoms with Gasteiger partial charge in [0.1, 0.15) is 10.9 Å². The van der Waals surface area contributed by atoms with E-state index in [0.717, 1.165) is 23.1 Å². The van der Waals surface area contributed by atoms with E-state index < -0.39 is 23.9 Å². The highest BCUT2D eigenvalue weighted by atomic mass is 32.2. The molecule has 2 aromatic heterocycles. The van der Waals surface area contributed by atoms with Crippen LogP contribution in [0.4, 0.5) is 11.1 Å². The average Bonchev–Trinajstić information content (AvgIpc) is 3.26. The molecule has 0 spiro atoms. The number of aryl methyl sites for hydroxylation is 1. The molecule has 0 fully saturated rings. The number of anilines is 2.